The predicted octanol–water partition coefficient (Wildman–Crippen LogP) is 3.48. The lowest BCUT2D eigenvalue weighted by molar-refractivity contribution is 0.0659. The van der Waals surface area contributed by atoms with Crippen LogP contribution in [-0.4, -0.2) is 23.9 Å². The SMILES string of the molecule is Cc1ccc(N)cc1C(=O)N1CCCC(CC(C)C)C1. The van der Waals surface area contributed by atoms with E-state index in [1.165, 1.54) is 12.8 Å². The molecule has 1 atom stereocenters. The summed E-state index contributed by atoms with van der Waals surface area (Å²) in [5.74, 6) is 1.49. The average molecular weight is 274 g/mol. The summed E-state index contributed by atoms with van der Waals surface area (Å²) in [7, 11) is 0. The van der Waals surface area contributed by atoms with E-state index < -0.39 is 0 Å². The molecule has 20 heavy (non-hydrogen) atoms. The van der Waals surface area contributed by atoms with Crippen molar-refractivity contribution in [1.82, 2.24) is 4.90 Å². The van der Waals surface area contributed by atoms with Crippen LogP contribution in [0.4, 0.5) is 5.69 Å². The third-order valence-electron chi connectivity index (χ3n) is 4.10. The van der Waals surface area contributed by atoms with Crippen molar-refractivity contribution in [3.63, 3.8) is 0 Å². The van der Waals surface area contributed by atoms with E-state index in [1.807, 2.05) is 30.0 Å². The van der Waals surface area contributed by atoms with Crippen LogP contribution in [0.15, 0.2) is 18.2 Å². The van der Waals surface area contributed by atoms with Gasteiger partial charge in [-0.2, -0.15) is 0 Å². The Morgan fingerprint density at radius 1 is 1.45 bits per heavy atom. The third kappa shape index (κ3) is 3.53. The number of nitrogen functional groups attached to an aromatic ring is 1. The second-order valence-corrected chi connectivity index (χ2v) is 6.46. The fourth-order valence-electron chi connectivity index (χ4n) is 3.15. The Labute approximate surface area is 122 Å². The fourth-order valence-corrected chi connectivity index (χ4v) is 3.15. The molecule has 0 aliphatic carbocycles. The molecule has 1 amide bonds. The number of aryl methyl sites for hydroxylation is 1. The van der Waals surface area contributed by atoms with Gasteiger partial charge < -0.3 is 10.6 Å². The Morgan fingerprint density at radius 3 is 2.90 bits per heavy atom. The van der Waals surface area contributed by atoms with E-state index in [0.717, 1.165) is 30.6 Å². The van der Waals surface area contributed by atoms with Crippen molar-refractivity contribution in [1.29, 1.82) is 0 Å². The van der Waals surface area contributed by atoms with Crippen molar-refractivity contribution >= 4 is 11.6 Å². The first kappa shape index (κ1) is 14.9. The molecule has 1 saturated heterocycles. The van der Waals surface area contributed by atoms with Gasteiger partial charge in [-0.1, -0.05) is 19.9 Å². The van der Waals surface area contributed by atoms with Gasteiger partial charge in [0.05, 0.1) is 0 Å². The van der Waals surface area contributed by atoms with Crippen LogP contribution < -0.4 is 5.73 Å². The van der Waals surface area contributed by atoms with Crippen molar-refractivity contribution in [2.45, 2.75) is 40.0 Å². The van der Waals surface area contributed by atoms with E-state index in [9.17, 15) is 4.79 Å². The minimum absolute atomic E-state index is 0.142. The maximum atomic E-state index is 12.7. The molecule has 0 radical (unpaired) electrons. The molecule has 1 fully saturated rings. The highest BCUT2D eigenvalue weighted by Crippen LogP contribution is 2.25. The zero-order valence-corrected chi connectivity index (χ0v) is 12.9. The molecule has 2 N–H and O–H groups in total. The molecule has 3 nitrogen and oxygen atoms in total. The number of anilines is 1. The molecule has 1 unspecified atom stereocenters. The molecule has 0 spiro atoms. The first-order valence-corrected chi connectivity index (χ1v) is 7.62. The smallest absolute Gasteiger partial charge is 0.254 e. The van der Waals surface area contributed by atoms with E-state index >= 15 is 0 Å². The number of nitrogens with two attached hydrogens (primary N) is 1. The number of piperidine rings is 1. The zero-order valence-electron chi connectivity index (χ0n) is 12.9. The number of carbonyl (C=O) groups excluding carboxylic acids is 1. The molecule has 1 aliphatic rings. The maximum absolute atomic E-state index is 12.7. The highest BCUT2D eigenvalue weighted by Gasteiger charge is 2.25. The van der Waals surface area contributed by atoms with Crippen molar-refractivity contribution in [3.8, 4) is 0 Å². The van der Waals surface area contributed by atoms with Crippen molar-refractivity contribution < 1.29 is 4.79 Å². The number of benzene rings is 1. The lowest BCUT2D eigenvalue weighted by Crippen LogP contribution is -2.40. The molecule has 0 aromatic heterocycles. The third-order valence-corrected chi connectivity index (χ3v) is 4.10. The summed E-state index contributed by atoms with van der Waals surface area (Å²) in [6.45, 7) is 8.25. The Bertz CT molecular complexity index is 482. The van der Waals surface area contributed by atoms with Gasteiger partial charge >= 0.3 is 0 Å². The lowest BCUT2D eigenvalue weighted by atomic mass is 9.89. The van der Waals surface area contributed by atoms with Crippen molar-refractivity contribution in [2.75, 3.05) is 18.8 Å². The summed E-state index contributed by atoms with van der Waals surface area (Å²) in [6.07, 6.45) is 3.57. The Morgan fingerprint density at radius 2 is 2.20 bits per heavy atom. The Kier molecular flexibility index (Phi) is 4.69. The van der Waals surface area contributed by atoms with Gasteiger partial charge in [0, 0.05) is 24.3 Å². The number of likely N-dealkylation sites (tertiary alicyclic amines) is 1. The first-order chi connectivity index (χ1) is 9.47. The molecule has 1 aromatic carbocycles. The quantitative estimate of drug-likeness (QED) is 0.858. The van der Waals surface area contributed by atoms with Crippen molar-refractivity contribution in [3.05, 3.63) is 29.3 Å². The molecular weight excluding hydrogens is 248 g/mol. The molecule has 0 bridgehead atoms. The standard InChI is InChI=1S/C17H26N2O/c1-12(2)9-14-5-4-8-19(11-14)17(20)16-10-15(18)7-6-13(16)3/h6-7,10,12,14H,4-5,8-9,11,18H2,1-3H3. The highest BCUT2D eigenvalue weighted by molar-refractivity contribution is 5.96. The van der Waals surface area contributed by atoms with Crippen LogP contribution in [0.5, 0.6) is 0 Å². The summed E-state index contributed by atoms with van der Waals surface area (Å²) in [5.41, 5.74) is 8.25. The average Bonchev–Trinajstić information content (AvgIpc) is 2.40. The van der Waals surface area contributed by atoms with Crippen LogP contribution in [0.3, 0.4) is 0 Å². The molecule has 1 aliphatic heterocycles. The van der Waals surface area contributed by atoms with Crippen LogP contribution in [0.2, 0.25) is 0 Å². The van der Waals surface area contributed by atoms with Crippen LogP contribution in [0, 0.1) is 18.8 Å². The number of hydrogen-bond donors (Lipinski definition) is 1. The monoisotopic (exact) mass is 274 g/mol. The molecule has 0 saturated carbocycles. The van der Waals surface area contributed by atoms with Gasteiger partial charge in [0.1, 0.15) is 0 Å². The van der Waals surface area contributed by atoms with Crippen molar-refractivity contribution in [2.24, 2.45) is 11.8 Å². The second-order valence-electron chi connectivity index (χ2n) is 6.46. The normalized spacial score (nSPS) is 19.4. The Hall–Kier alpha value is -1.51. The molecule has 1 aromatic rings. The lowest BCUT2D eigenvalue weighted by Gasteiger charge is -2.34. The van der Waals surface area contributed by atoms with Gasteiger partial charge in [0.2, 0.25) is 0 Å². The zero-order chi connectivity index (χ0) is 14.7. The summed E-state index contributed by atoms with van der Waals surface area (Å²) < 4.78 is 0. The molecule has 2 rings (SSSR count). The van der Waals surface area contributed by atoms with E-state index in [4.69, 9.17) is 5.73 Å². The fraction of sp³-hybridized carbons (Fsp3) is 0.588. The van der Waals surface area contributed by atoms with Crippen LogP contribution in [-0.2, 0) is 0 Å². The maximum Gasteiger partial charge on any atom is 0.254 e. The number of amides is 1. The summed E-state index contributed by atoms with van der Waals surface area (Å²) in [4.78, 5) is 14.7. The summed E-state index contributed by atoms with van der Waals surface area (Å²) >= 11 is 0. The van der Waals surface area contributed by atoms with Gasteiger partial charge in [-0.3, -0.25) is 4.79 Å². The topological polar surface area (TPSA) is 46.3 Å². The number of carbonyl (C=O) groups is 1. The number of nitrogens with zero attached hydrogens (tertiary/aromatic N) is 1. The largest absolute Gasteiger partial charge is 0.399 e. The minimum atomic E-state index is 0.142. The number of hydrogen-bond acceptors (Lipinski definition) is 2. The van der Waals surface area contributed by atoms with Crippen LogP contribution in [0.1, 0.15) is 49.0 Å². The minimum Gasteiger partial charge on any atom is -0.399 e. The highest BCUT2D eigenvalue weighted by atomic mass is 16.2. The van der Waals surface area contributed by atoms with E-state index in [0.29, 0.717) is 17.5 Å². The van der Waals surface area contributed by atoms with E-state index in [2.05, 4.69) is 13.8 Å². The molecule has 110 valence electrons. The van der Waals surface area contributed by atoms with Gasteiger partial charge in [0.25, 0.3) is 5.91 Å². The first-order valence-electron chi connectivity index (χ1n) is 7.62. The van der Waals surface area contributed by atoms with E-state index in [-0.39, 0.29) is 5.91 Å². The molecule has 3 heteroatoms. The van der Waals surface area contributed by atoms with Crippen LogP contribution >= 0.6 is 0 Å². The Balaban J connectivity index is 2.10. The predicted molar refractivity (Wildman–Crippen MR) is 83.7 cm³/mol. The second kappa shape index (κ2) is 6.29. The van der Waals surface area contributed by atoms with Gasteiger partial charge in [-0.05, 0) is 55.7 Å². The summed E-state index contributed by atoms with van der Waals surface area (Å²) in [6, 6.07) is 5.59. The van der Waals surface area contributed by atoms with E-state index in [1.54, 1.807) is 0 Å². The number of rotatable bonds is 3. The molecular formula is C17H26N2O. The van der Waals surface area contributed by atoms with Gasteiger partial charge in [0.15, 0.2) is 0 Å². The van der Waals surface area contributed by atoms with Crippen LogP contribution in [0.25, 0.3) is 0 Å². The summed E-state index contributed by atoms with van der Waals surface area (Å²) in [5, 5.41) is 0. The molecule has 1 heterocycles. The van der Waals surface area contributed by atoms with Gasteiger partial charge in [-0.25, -0.2) is 0 Å². The van der Waals surface area contributed by atoms with Gasteiger partial charge in [-0.15, -0.1) is 0 Å².